The lowest BCUT2D eigenvalue weighted by Gasteiger charge is -2.24. The fourth-order valence-corrected chi connectivity index (χ4v) is 1.83. The highest BCUT2D eigenvalue weighted by Crippen LogP contribution is 2.21. The van der Waals surface area contributed by atoms with E-state index in [-0.39, 0.29) is 18.9 Å². The van der Waals surface area contributed by atoms with Gasteiger partial charge in [0.05, 0.1) is 6.61 Å². The maximum absolute atomic E-state index is 10.8. The molecule has 1 rings (SSSR count). The molecule has 0 atom stereocenters. The van der Waals surface area contributed by atoms with Crippen LogP contribution >= 0.6 is 0 Å². The zero-order valence-electron chi connectivity index (χ0n) is 10.7. The maximum atomic E-state index is 10.8. The number of hydrogen-bond donors (Lipinski definition) is 3. The number of aryl methyl sites for hydroxylation is 1. The molecule has 0 saturated carbocycles. The Morgan fingerprint density at radius 1 is 1.39 bits per heavy atom. The molecule has 0 radical (unpaired) electrons. The number of benzene rings is 1. The Kier molecular flexibility index (Phi) is 5.45. The van der Waals surface area contributed by atoms with Gasteiger partial charge in [0.2, 0.25) is 5.91 Å². The molecule has 0 aliphatic rings. The molecule has 5 nitrogen and oxygen atoms in total. The summed E-state index contributed by atoms with van der Waals surface area (Å²) in [6, 6.07) is 5.74. The second-order valence-electron chi connectivity index (χ2n) is 4.16. The smallest absolute Gasteiger partial charge is 0.219 e. The summed E-state index contributed by atoms with van der Waals surface area (Å²) in [4.78, 5) is 12.8. The highest BCUT2D eigenvalue weighted by Gasteiger charge is 2.09. The summed E-state index contributed by atoms with van der Waals surface area (Å²) < 4.78 is 0. The molecule has 0 spiro atoms. The van der Waals surface area contributed by atoms with E-state index in [0.717, 1.165) is 23.4 Å². The van der Waals surface area contributed by atoms with Crippen LogP contribution in [0.25, 0.3) is 0 Å². The topological polar surface area (TPSA) is 92.6 Å². The molecule has 0 bridgehead atoms. The first-order chi connectivity index (χ1) is 8.58. The molecule has 0 aliphatic heterocycles. The Bertz CT molecular complexity index is 407. The van der Waals surface area contributed by atoms with Crippen LogP contribution in [0.2, 0.25) is 0 Å². The van der Waals surface area contributed by atoms with Gasteiger partial charge in [-0.2, -0.15) is 0 Å². The number of nitrogens with zero attached hydrogens (tertiary/aromatic N) is 1. The van der Waals surface area contributed by atoms with Crippen LogP contribution in [0.5, 0.6) is 0 Å². The number of aliphatic hydroxyl groups excluding tert-OH is 1. The minimum absolute atomic E-state index is 0.0323. The monoisotopic (exact) mass is 251 g/mol. The fourth-order valence-electron chi connectivity index (χ4n) is 1.83. The van der Waals surface area contributed by atoms with Crippen molar-refractivity contribution in [3.63, 3.8) is 0 Å². The van der Waals surface area contributed by atoms with Gasteiger partial charge in [-0.1, -0.05) is 6.92 Å². The molecule has 0 aromatic heterocycles. The van der Waals surface area contributed by atoms with Gasteiger partial charge < -0.3 is 21.5 Å². The lowest BCUT2D eigenvalue weighted by molar-refractivity contribution is -0.117. The van der Waals surface area contributed by atoms with Gasteiger partial charge in [0.1, 0.15) is 0 Å². The lowest BCUT2D eigenvalue weighted by atomic mass is 10.1. The number of carbonyl (C=O) groups is 1. The first-order valence-electron chi connectivity index (χ1n) is 6.11. The molecule has 0 saturated heterocycles. The van der Waals surface area contributed by atoms with Gasteiger partial charge in [0.15, 0.2) is 0 Å². The quantitative estimate of drug-likeness (QED) is 0.615. The van der Waals surface area contributed by atoms with E-state index in [1.807, 2.05) is 30.0 Å². The van der Waals surface area contributed by atoms with Crippen molar-refractivity contribution in [3.05, 3.63) is 23.8 Å². The Morgan fingerprint density at radius 3 is 2.67 bits per heavy atom. The summed E-state index contributed by atoms with van der Waals surface area (Å²) in [5.74, 6) is -0.343. The standard InChI is InChI=1S/C13H21N3O2/c1-2-10-9-11(3-4-12(10)14)16(7-8-17)6-5-13(15)18/h3-4,9,17H,2,5-8,14H2,1H3,(H2,15,18). The van der Waals surface area contributed by atoms with E-state index in [4.69, 9.17) is 16.6 Å². The van der Waals surface area contributed by atoms with Gasteiger partial charge >= 0.3 is 0 Å². The number of hydrogen-bond acceptors (Lipinski definition) is 4. The third-order valence-corrected chi connectivity index (χ3v) is 2.87. The number of anilines is 2. The molecular weight excluding hydrogens is 230 g/mol. The van der Waals surface area contributed by atoms with Crippen LogP contribution in [0.15, 0.2) is 18.2 Å². The van der Waals surface area contributed by atoms with Crippen molar-refractivity contribution in [1.82, 2.24) is 0 Å². The van der Waals surface area contributed by atoms with E-state index in [9.17, 15) is 4.79 Å². The minimum Gasteiger partial charge on any atom is -0.399 e. The van der Waals surface area contributed by atoms with E-state index in [2.05, 4.69) is 0 Å². The normalized spacial score (nSPS) is 10.3. The van der Waals surface area contributed by atoms with E-state index in [1.54, 1.807) is 0 Å². The summed E-state index contributed by atoms with van der Waals surface area (Å²) in [7, 11) is 0. The first-order valence-corrected chi connectivity index (χ1v) is 6.11. The van der Waals surface area contributed by atoms with Crippen molar-refractivity contribution in [2.24, 2.45) is 5.73 Å². The van der Waals surface area contributed by atoms with Crippen LogP contribution in [0, 0.1) is 0 Å². The van der Waals surface area contributed by atoms with E-state index >= 15 is 0 Å². The minimum atomic E-state index is -0.343. The van der Waals surface area contributed by atoms with Crippen molar-refractivity contribution in [2.75, 3.05) is 30.3 Å². The van der Waals surface area contributed by atoms with Crippen molar-refractivity contribution in [3.8, 4) is 0 Å². The van der Waals surface area contributed by atoms with Crippen LogP contribution in [0.1, 0.15) is 18.9 Å². The summed E-state index contributed by atoms with van der Waals surface area (Å²) in [5, 5.41) is 9.06. The maximum Gasteiger partial charge on any atom is 0.219 e. The van der Waals surface area contributed by atoms with Crippen LogP contribution in [-0.4, -0.2) is 30.7 Å². The summed E-state index contributed by atoms with van der Waals surface area (Å²) in [6.07, 6.45) is 1.12. The number of aliphatic hydroxyl groups is 1. The third kappa shape index (κ3) is 3.92. The first kappa shape index (κ1) is 14.3. The Labute approximate surface area is 107 Å². The van der Waals surface area contributed by atoms with Crippen LogP contribution < -0.4 is 16.4 Å². The molecule has 0 fully saturated rings. The van der Waals surface area contributed by atoms with Gasteiger partial charge in [-0.25, -0.2) is 0 Å². The predicted octanol–water partition coefficient (Wildman–Crippen LogP) is 0.505. The fraction of sp³-hybridized carbons (Fsp3) is 0.462. The number of amides is 1. The molecule has 5 N–H and O–H groups in total. The number of rotatable bonds is 7. The molecule has 0 heterocycles. The molecular formula is C13H21N3O2. The van der Waals surface area contributed by atoms with E-state index in [1.165, 1.54) is 0 Å². The van der Waals surface area contributed by atoms with Crippen molar-refractivity contribution >= 4 is 17.3 Å². The summed E-state index contributed by atoms with van der Waals surface area (Å²) in [6.45, 7) is 3.04. The second-order valence-corrected chi connectivity index (χ2v) is 4.16. The third-order valence-electron chi connectivity index (χ3n) is 2.87. The molecule has 5 heteroatoms. The Morgan fingerprint density at radius 2 is 2.11 bits per heavy atom. The Hall–Kier alpha value is -1.75. The lowest BCUT2D eigenvalue weighted by Crippen LogP contribution is -2.30. The number of nitrogens with two attached hydrogens (primary N) is 2. The molecule has 100 valence electrons. The van der Waals surface area contributed by atoms with Gasteiger partial charge in [0, 0.05) is 30.9 Å². The molecule has 1 aromatic rings. The average molecular weight is 251 g/mol. The van der Waals surface area contributed by atoms with Crippen molar-refractivity contribution in [2.45, 2.75) is 19.8 Å². The Balaban J connectivity index is 2.87. The van der Waals surface area contributed by atoms with E-state index in [0.29, 0.717) is 13.1 Å². The van der Waals surface area contributed by atoms with Gasteiger partial charge in [0.25, 0.3) is 0 Å². The zero-order valence-corrected chi connectivity index (χ0v) is 10.7. The van der Waals surface area contributed by atoms with Crippen molar-refractivity contribution in [1.29, 1.82) is 0 Å². The number of primary amides is 1. The highest BCUT2D eigenvalue weighted by atomic mass is 16.3. The average Bonchev–Trinajstić information content (AvgIpc) is 2.35. The zero-order chi connectivity index (χ0) is 13.5. The predicted molar refractivity (Wildman–Crippen MR) is 73.3 cm³/mol. The van der Waals surface area contributed by atoms with Gasteiger partial charge in [-0.15, -0.1) is 0 Å². The van der Waals surface area contributed by atoms with Crippen molar-refractivity contribution < 1.29 is 9.90 Å². The number of nitrogen functional groups attached to an aromatic ring is 1. The molecule has 0 unspecified atom stereocenters. The molecule has 1 aromatic carbocycles. The summed E-state index contributed by atoms with van der Waals surface area (Å²) in [5.41, 5.74) is 13.8. The second kappa shape index (κ2) is 6.86. The SMILES string of the molecule is CCc1cc(N(CCO)CCC(N)=O)ccc1N. The molecule has 1 amide bonds. The van der Waals surface area contributed by atoms with Crippen LogP contribution in [0.4, 0.5) is 11.4 Å². The van der Waals surface area contributed by atoms with Crippen LogP contribution in [-0.2, 0) is 11.2 Å². The van der Waals surface area contributed by atoms with Gasteiger partial charge in [-0.3, -0.25) is 4.79 Å². The molecule has 0 aliphatic carbocycles. The summed E-state index contributed by atoms with van der Waals surface area (Å²) >= 11 is 0. The molecule has 18 heavy (non-hydrogen) atoms. The van der Waals surface area contributed by atoms with Crippen LogP contribution in [0.3, 0.4) is 0 Å². The largest absolute Gasteiger partial charge is 0.399 e. The number of carbonyl (C=O) groups excluding carboxylic acids is 1. The highest BCUT2D eigenvalue weighted by molar-refractivity contribution is 5.74. The van der Waals surface area contributed by atoms with Gasteiger partial charge in [-0.05, 0) is 30.2 Å². The van der Waals surface area contributed by atoms with E-state index < -0.39 is 0 Å².